The summed E-state index contributed by atoms with van der Waals surface area (Å²) in [5.41, 5.74) is 0. The summed E-state index contributed by atoms with van der Waals surface area (Å²) in [6.07, 6.45) is 0.266. The Morgan fingerprint density at radius 3 is 2.56 bits per heavy atom. The van der Waals surface area contributed by atoms with E-state index in [1.54, 1.807) is 6.92 Å². The molecule has 0 saturated carbocycles. The lowest BCUT2D eigenvalue weighted by molar-refractivity contribution is -0.137. The standard InChI is InChI=1S/C10H18N2O5S/c1-7(5-9(13)14)11-10(15)12(2)8-3-4-18(16,17)6-8/h7-8H,3-6H2,1-2H3,(H,11,15)(H,13,14). The van der Waals surface area contributed by atoms with Crippen molar-refractivity contribution in [1.82, 2.24) is 10.2 Å². The molecule has 0 aromatic rings. The molecule has 0 radical (unpaired) electrons. The van der Waals surface area contributed by atoms with Crippen molar-refractivity contribution in [3.05, 3.63) is 0 Å². The summed E-state index contributed by atoms with van der Waals surface area (Å²) in [7, 11) is -1.52. The van der Waals surface area contributed by atoms with Crippen LogP contribution in [0.3, 0.4) is 0 Å². The van der Waals surface area contributed by atoms with Crippen LogP contribution in [-0.2, 0) is 14.6 Å². The molecule has 2 N–H and O–H groups in total. The van der Waals surface area contributed by atoms with Crippen molar-refractivity contribution < 1.29 is 23.1 Å². The largest absolute Gasteiger partial charge is 0.481 e. The van der Waals surface area contributed by atoms with Crippen LogP contribution in [0.2, 0.25) is 0 Å². The zero-order valence-corrected chi connectivity index (χ0v) is 11.2. The first-order chi connectivity index (χ1) is 8.21. The molecule has 2 amide bonds. The normalized spacial score (nSPS) is 23.3. The molecule has 1 heterocycles. The van der Waals surface area contributed by atoms with Crippen molar-refractivity contribution >= 4 is 21.8 Å². The number of amides is 2. The van der Waals surface area contributed by atoms with Crippen LogP contribution in [0.5, 0.6) is 0 Å². The van der Waals surface area contributed by atoms with E-state index >= 15 is 0 Å². The predicted molar refractivity (Wildman–Crippen MR) is 65.1 cm³/mol. The third-order valence-electron chi connectivity index (χ3n) is 2.93. The van der Waals surface area contributed by atoms with Crippen molar-refractivity contribution in [2.45, 2.75) is 31.8 Å². The van der Waals surface area contributed by atoms with Crippen LogP contribution in [0.4, 0.5) is 4.79 Å². The number of aliphatic carboxylic acids is 1. The second-order valence-electron chi connectivity index (χ2n) is 4.62. The fraction of sp³-hybridized carbons (Fsp3) is 0.800. The van der Waals surface area contributed by atoms with Crippen LogP contribution >= 0.6 is 0 Å². The zero-order valence-electron chi connectivity index (χ0n) is 10.4. The number of urea groups is 1. The number of carboxylic acids is 1. The van der Waals surface area contributed by atoms with Crippen LogP contribution < -0.4 is 5.32 Å². The van der Waals surface area contributed by atoms with Crippen molar-refractivity contribution in [2.24, 2.45) is 0 Å². The molecule has 1 rings (SSSR count). The van der Waals surface area contributed by atoms with E-state index in [4.69, 9.17) is 5.11 Å². The number of hydrogen-bond donors (Lipinski definition) is 2. The van der Waals surface area contributed by atoms with E-state index in [0.717, 1.165) is 0 Å². The third-order valence-corrected chi connectivity index (χ3v) is 4.68. The van der Waals surface area contributed by atoms with Crippen LogP contribution in [0.15, 0.2) is 0 Å². The Morgan fingerprint density at radius 1 is 1.50 bits per heavy atom. The molecule has 7 nitrogen and oxygen atoms in total. The van der Waals surface area contributed by atoms with Gasteiger partial charge in [0.05, 0.1) is 17.9 Å². The van der Waals surface area contributed by atoms with Gasteiger partial charge in [-0.3, -0.25) is 4.79 Å². The highest BCUT2D eigenvalue weighted by molar-refractivity contribution is 7.91. The summed E-state index contributed by atoms with van der Waals surface area (Å²) in [6, 6.07) is -1.26. The van der Waals surface area contributed by atoms with Gasteiger partial charge in [0.15, 0.2) is 9.84 Å². The number of rotatable bonds is 4. The average Bonchev–Trinajstić information content (AvgIpc) is 2.56. The van der Waals surface area contributed by atoms with E-state index < -0.39 is 27.9 Å². The van der Waals surface area contributed by atoms with Crippen LogP contribution in [0.25, 0.3) is 0 Å². The highest BCUT2D eigenvalue weighted by Crippen LogP contribution is 2.16. The summed E-state index contributed by atoms with van der Waals surface area (Å²) in [5.74, 6) is -0.918. The van der Waals surface area contributed by atoms with Crippen molar-refractivity contribution in [3.8, 4) is 0 Å². The molecule has 104 valence electrons. The summed E-state index contributed by atoms with van der Waals surface area (Å²) in [5, 5.41) is 11.1. The molecule has 1 aliphatic rings. The highest BCUT2D eigenvalue weighted by atomic mass is 32.2. The van der Waals surface area contributed by atoms with Gasteiger partial charge in [-0.2, -0.15) is 0 Å². The molecular weight excluding hydrogens is 260 g/mol. The molecule has 1 fully saturated rings. The van der Waals surface area contributed by atoms with Gasteiger partial charge in [0.25, 0.3) is 0 Å². The third kappa shape index (κ3) is 4.17. The minimum absolute atomic E-state index is 0.0236. The molecular formula is C10H18N2O5S. The fourth-order valence-electron chi connectivity index (χ4n) is 1.87. The number of carboxylic acid groups (broad SMARTS) is 1. The van der Waals surface area contributed by atoms with Crippen LogP contribution in [0, 0.1) is 0 Å². The maximum atomic E-state index is 11.8. The summed E-state index contributed by atoms with van der Waals surface area (Å²) >= 11 is 0. The van der Waals surface area contributed by atoms with Gasteiger partial charge < -0.3 is 15.3 Å². The predicted octanol–water partition coefficient (Wildman–Crippen LogP) is -0.322. The van der Waals surface area contributed by atoms with E-state index in [0.29, 0.717) is 6.42 Å². The van der Waals surface area contributed by atoms with Crippen molar-refractivity contribution in [1.29, 1.82) is 0 Å². The van der Waals surface area contributed by atoms with Gasteiger partial charge in [0, 0.05) is 19.1 Å². The first-order valence-electron chi connectivity index (χ1n) is 5.67. The molecule has 1 saturated heterocycles. The molecule has 18 heavy (non-hydrogen) atoms. The summed E-state index contributed by atoms with van der Waals surface area (Å²) < 4.78 is 22.6. The van der Waals surface area contributed by atoms with Gasteiger partial charge in [-0.1, -0.05) is 0 Å². The van der Waals surface area contributed by atoms with Gasteiger partial charge >= 0.3 is 12.0 Å². The quantitative estimate of drug-likeness (QED) is 0.733. The molecule has 1 aliphatic heterocycles. The number of hydrogen-bond acceptors (Lipinski definition) is 4. The fourth-order valence-corrected chi connectivity index (χ4v) is 3.65. The first kappa shape index (κ1) is 14.7. The Balaban J connectivity index is 2.49. The van der Waals surface area contributed by atoms with E-state index in [9.17, 15) is 18.0 Å². The van der Waals surface area contributed by atoms with E-state index in [-0.39, 0.29) is 24.0 Å². The Morgan fingerprint density at radius 2 is 2.11 bits per heavy atom. The molecule has 2 unspecified atom stereocenters. The Bertz CT molecular complexity index is 434. The Kier molecular flexibility index (Phi) is 4.55. The van der Waals surface area contributed by atoms with Crippen LogP contribution in [-0.4, -0.2) is 61.1 Å². The average molecular weight is 278 g/mol. The SMILES string of the molecule is CC(CC(=O)O)NC(=O)N(C)C1CCS(=O)(=O)C1. The highest BCUT2D eigenvalue weighted by Gasteiger charge is 2.33. The molecule has 0 aromatic carbocycles. The maximum absolute atomic E-state index is 11.8. The number of carbonyl (C=O) groups excluding carboxylic acids is 1. The van der Waals surface area contributed by atoms with Crippen LogP contribution in [0.1, 0.15) is 19.8 Å². The maximum Gasteiger partial charge on any atom is 0.317 e. The summed E-state index contributed by atoms with van der Waals surface area (Å²) in [4.78, 5) is 23.6. The lowest BCUT2D eigenvalue weighted by Gasteiger charge is -2.25. The minimum Gasteiger partial charge on any atom is -0.481 e. The second kappa shape index (κ2) is 5.55. The number of sulfone groups is 1. The number of nitrogens with zero attached hydrogens (tertiary/aromatic N) is 1. The monoisotopic (exact) mass is 278 g/mol. The molecule has 8 heteroatoms. The second-order valence-corrected chi connectivity index (χ2v) is 6.84. The lowest BCUT2D eigenvalue weighted by atomic mass is 10.2. The molecule has 0 spiro atoms. The lowest BCUT2D eigenvalue weighted by Crippen LogP contribution is -2.47. The Labute approximate surface area is 106 Å². The minimum atomic E-state index is -3.04. The topological polar surface area (TPSA) is 104 Å². The van der Waals surface area contributed by atoms with E-state index in [2.05, 4.69) is 5.32 Å². The number of nitrogens with one attached hydrogen (secondary N) is 1. The van der Waals surface area contributed by atoms with Gasteiger partial charge in [-0.05, 0) is 13.3 Å². The van der Waals surface area contributed by atoms with Crippen molar-refractivity contribution in [2.75, 3.05) is 18.6 Å². The molecule has 0 aromatic heterocycles. The summed E-state index contributed by atoms with van der Waals surface area (Å²) in [6.45, 7) is 1.59. The zero-order chi connectivity index (χ0) is 13.9. The first-order valence-corrected chi connectivity index (χ1v) is 7.49. The van der Waals surface area contributed by atoms with E-state index in [1.165, 1.54) is 11.9 Å². The van der Waals surface area contributed by atoms with Crippen molar-refractivity contribution in [3.63, 3.8) is 0 Å². The van der Waals surface area contributed by atoms with Gasteiger partial charge in [0.2, 0.25) is 0 Å². The smallest absolute Gasteiger partial charge is 0.317 e. The Hall–Kier alpha value is -1.31. The molecule has 0 aliphatic carbocycles. The molecule has 2 atom stereocenters. The van der Waals surface area contributed by atoms with Gasteiger partial charge in [-0.15, -0.1) is 0 Å². The van der Waals surface area contributed by atoms with Gasteiger partial charge in [0.1, 0.15) is 0 Å². The number of carbonyl (C=O) groups is 2. The van der Waals surface area contributed by atoms with Gasteiger partial charge in [-0.25, -0.2) is 13.2 Å². The van der Waals surface area contributed by atoms with E-state index in [1.807, 2.05) is 0 Å². The molecule has 0 bridgehead atoms.